The van der Waals surface area contributed by atoms with Crippen LogP contribution in [-0.2, 0) is 0 Å². The van der Waals surface area contributed by atoms with Crippen molar-refractivity contribution in [3.63, 3.8) is 0 Å². The highest BCUT2D eigenvalue weighted by Crippen LogP contribution is 2.05. The first-order valence-corrected chi connectivity index (χ1v) is 3.71. The first kappa shape index (κ1) is 6.98. The Kier molecular flexibility index (Phi) is 1.59. The molecule has 2 aromatic rings. The van der Waals surface area contributed by atoms with E-state index in [9.17, 15) is 4.79 Å². The third-order valence-electron chi connectivity index (χ3n) is 1.70. The first-order valence-electron chi connectivity index (χ1n) is 3.71. The highest BCUT2D eigenvalue weighted by atomic mass is 16.1. The molecule has 0 aliphatic rings. The van der Waals surface area contributed by atoms with E-state index in [1.54, 1.807) is 24.4 Å². The molecular weight excluding hydrogens is 150 g/mol. The molecule has 0 saturated heterocycles. The molecule has 12 heavy (non-hydrogen) atoms. The van der Waals surface area contributed by atoms with E-state index in [0.717, 1.165) is 10.9 Å². The molecule has 0 atom stereocenters. The summed E-state index contributed by atoms with van der Waals surface area (Å²) in [5.74, 6) is 0. The summed E-state index contributed by atoms with van der Waals surface area (Å²) in [5.41, 5.74) is 0.854. The fourth-order valence-electron chi connectivity index (χ4n) is 1.10. The minimum absolute atomic E-state index is 0.00741. The molecule has 0 saturated carbocycles. The van der Waals surface area contributed by atoms with Gasteiger partial charge in [-0.05, 0) is 30.3 Å². The maximum Gasteiger partial charge on any atom is 0.178 e. The predicted molar refractivity (Wildman–Crippen MR) is 48.0 cm³/mol. The van der Waals surface area contributed by atoms with Crippen LogP contribution >= 0.6 is 0 Å². The average Bonchev–Trinajstić information content (AvgIpc) is 2.29. The van der Waals surface area contributed by atoms with Gasteiger partial charge in [0.1, 0.15) is 0 Å². The first-order chi connectivity index (χ1) is 5.86. The van der Waals surface area contributed by atoms with Crippen LogP contribution in [0.5, 0.6) is 0 Å². The van der Waals surface area contributed by atoms with Gasteiger partial charge in [0.15, 0.2) is 5.43 Å². The molecule has 0 radical (unpaired) electrons. The van der Waals surface area contributed by atoms with Gasteiger partial charge in [0.2, 0.25) is 0 Å². The Hall–Kier alpha value is -1.70. The minimum Gasteiger partial charge on any atom is -0.290 e. The van der Waals surface area contributed by atoms with Gasteiger partial charge >= 0.3 is 0 Å². The van der Waals surface area contributed by atoms with Crippen LogP contribution in [0.25, 0.3) is 10.9 Å². The van der Waals surface area contributed by atoms with Gasteiger partial charge in [-0.25, -0.2) is 0 Å². The van der Waals surface area contributed by atoms with Crippen molar-refractivity contribution in [1.82, 2.24) is 4.98 Å². The molecule has 0 bridgehead atoms. The van der Waals surface area contributed by atoms with Crippen LogP contribution in [0, 0.1) is 0 Å². The molecular formula is C10H7NO. The second kappa shape index (κ2) is 2.74. The lowest BCUT2D eigenvalue weighted by atomic mass is 10.3. The molecule has 2 heteroatoms. The van der Waals surface area contributed by atoms with Gasteiger partial charge < -0.3 is 0 Å². The van der Waals surface area contributed by atoms with Crippen molar-refractivity contribution in [1.29, 1.82) is 0 Å². The Labute approximate surface area is 69.5 Å². The topological polar surface area (TPSA) is 30.0 Å². The van der Waals surface area contributed by atoms with E-state index < -0.39 is 0 Å². The molecule has 1 aromatic heterocycles. The van der Waals surface area contributed by atoms with Crippen LogP contribution in [-0.4, -0.2) is 4.98 Å². The number of aromatic nitrogens is 1. The summed E-state index contributed by atoms with van der Waals surface area (Å²) in [6.45, 7) is 0. The fraction of sp³-hybridized carbons (Fsp3) is 0. The van der Waals surface area contributed by atoms with E-state index in [1.165, 1.54) is 6.07 Å². The maximum absolute atomic E-state index is 11.0. The van der Waals surface area contributed by atoms with Crippen molar-refractivity contribution in [3.05, 3.63) is 52.8 Å². The molecule has 0 aliphatic carbocycles. The van der Waals surface area contributed by atoms with Crippen molar-refractivity contribution >= 4 is 10.9 Å². The Morgan fingerprint density at radius 1 is 1.00 bits per heavy atom. The minimum atomic E-state index is 0.00741. The second-order valence-electron chi connectivity index (χ2n) is 2.55. The lowest BCUT2D eigenvalue weighted by Gasteiger charge is -1.86. The number of hydrogen-bond acceptors (Lipinski definition) is 2. The number of pyridine rings is 1. The summed E-state index contributed by atoms with van der Waals surface area (Å²) in [4.78, 5) is 15.1. The average molecular weight is 157 g/mol. The zero-order chi connectivity index (χ0) is 8.39. The second-order valence-corrected chi connectivity index (χ2v) is 2.55. The molecule has 0 fully saturated rings. The molecule has 0 spiro atoms. The monoisotopic (exact) mass is 157 g/mol. The van der Waals surface area contributed by atoms with E-state index in [4.69, 9.17) is 0 Å². The summed E-state index contributed by atoms with van der Waals surface area (Å²) in [5, 5.41) is 0.986. The molecule has 1 heterocycles. The van der Waals surface area contributed by atoms with Crippen molar-refractivity contribution in [2.24, 2.45) is 0 Å². The molecule has 0 N–H and O–H groups in total. The standard InChI is InChI=1S/C10H7NO/c12-9-4-3-8-2-1-7-11-10(8)6-5-9/h1-7H. The van der Waals surface area contributed by atoms with Crippen molar-refractivity contribution < 1.29 is 0 Å². The van der Waals surface area contributed by atoms with Crippen LogP contribution in [0.1, 0.15) is 0 Å². The van der Waals surface area contributed by atoms with Crippen LogP contribution in [0.2, 0.25) is 0 Å². The smallest absolute Gasteiger partial charge is 0.178 e. The predicted octanol–water partition coefficient (Wildman–Crippen LogP) is 1.59. The van der Waals surface area contributed by atoms with Crippen LogP contribution in [0.4, 0.5) is 0 Å². The summed E-state index contributed by atoms with van der Waals surface area (Å²) < 4.78 is 0. The van der Waals surface area contributed by atoms with E-state index in [1.807, 2.05) is 12.1 Å². The van der Waals surface area contributed by atoms with Gasteiger partial charge in [-0.3, -0.25) is 9.78 Å². The molecule has 0 unspecified atom stereocenters. The highest BCUT2D eigenvalue weighted by molar-refractivity contribution is 5.77. The number of hydrogen-bond donors (Lipinski definition) is 0. The zero-order valence-corrected chi connectivity index (χ0v) is 6.40. The Morgan fingerprint density at radius 3 is 2.75 bits per heavy atom. The molecule has 2 rings (SSSR count). The van der Waals surface area contributed by atoms with Crippen LogP contribution in [0.15, 0.2) is 47.4 Å². The molecule has 58 valence electrons. The van der Waals surface area contributed by atoms with Crippen LogP contribution in [0.3, 0.4) is 0 Å². The summed E-state index contributed by atoms with van der Waals surface area (Å²) in [6, 6.07) is 10.4. The number of nitrogens with zero attached hydrogens (tertiary/aromatic N) is 1. The maximum atomic E-state index is 11.0. The molecule has 0 amide bonds. The highest BCUT2D eigenvalue weighted by Gasteiger charge is 1.88. The van der Waals surface area contributed by atoms with Gasteiger partial charge in [-0.1, -0.05) is 6.07 Å². The van der Waals surface area contributed by atoms with Gasteiger partial charge in [-0.15, -0.1) is 0 Å². The van der Waals surface area contributed by atoms with Crippen molar-refractivity contribution in [3.8, 4) is 0 Å². The van der Waals surface area contributed by atoms with E-state index in [-0.39, 0.29) is 5.43 Å². The van der Waals surface area contributed by atoms with E-state index in [0.29, 0.717) is 0 Å². The SMILES string of the molecule is O=c1ccc2cccnc2cc1. The van der Waals surface area contributed by atoms with E-state index >= 15 is 0 Å². The zero-order valence-electron chi connectivity index (χ0n) is 6.40. The Balaban J connectivity index is 2.94. The van der Waals surface area contributed by atoms with Crippen molar-refractivity contribution in [2.45, 2.75) is 0 Å². The van der Waals surface area contributed by atoms with E-state index in [2.05, 4.69) is 4.98 Å². The van der Waals surface area contributed by atoms with Gasteiger partial charge in [0, 0.05) is 11.6 Å². The lowest BCUT2D eigenvalue weighted by molar-refractivity contribution is 1.42. The Morgan fingerprint density at radius 2 is 1.83 bits per heavy atom. The molecule has 0 aliphatic heterocycles. The summed E-state index contributed by atoms with van der Waals surface area (Å²) in [6.07, 6.45) is 1.72. The summed E-state index contributed by atoms with van der Waals surface area (Å²) in [7, 11) is 0. The lowest BCUT2D eigenvalue weighted by Crippen LogP contribution is -1.87. The van der Waals surface area contributed by atoms with Gasteiger partial charge in [-0.2, -0.15) is 0 Å². The van der Waals surface area contributed by atoms with Gasteiger partial charge in [0.05, 0.1) is 5.52 Å². The quantitative estimate of drug-likeness (QED) is 0.581. The third-order valence-corrected chi connectivity index (χ3v) is 1.70. The third kappa shape index (κ3) is 1.19. The molecule has 2 nitrogen and oxygen atoms in total. The fourth-order valence-corrected chi connectivity index (χ4v) is 1.10. The normalized spacial score (nSPS) is 10.0. The van der Waals surface area contributed by atoms with Gasteiger partial charge in [0.25, 0.3) is 0 Å². The summed E-state index contributed by atoms with van der Waals surface area (Å²) >= 11 is 0. The number of rotatable bonds is 0. The number of fused-ring (bicyclic) bond motifs is 1. The Bertz CT molecular complexity index is 424. The van der Waals surface area contributed by atoms with Crippen LogP contribution < -0.4 is 5.43 Å². The van der Waals surface area contributed by atoms with Crippen molar-refractivity contribution in [2.75, 3.05) is 0 Å². The largest absolute Gasteiger partial charge is 0.290 e. The molecule has 1 aromatic carbocycles.